The number of hydrogen-bond donors (Lipinski definition) is 1. The molecular weight excluding hydrogens is 446 g/mol. The Labute approximate surface area is 202 Å². The van der Waals surface area contributed by atoms with Crippen molar-refractivity contribution < 1.29 is 23.9 Å². The third kappa shape index (κ3) is 4.50. The number of carbonyl (C=O) groups is 4. The lowest BCUT2D eigenvalue weighted by atomic mass is 10.1. The highest BCUT2D eigenvalue weighted by atomic mass is 16.5. The molecular formula is C27H23N3O5. The van der Waals surface area contributed by atoms with Crippen molar-refractivity contribution in [1.29, 1.82) is 0 Å². The number of ether oxygens (including phenoxy) is 1. The molecule has 35 heavy (non-hydrogen) atoms. The van der Waals surface area contributed by atoms with Crippen LogP contribution in [0.5, 0.6) is 5.75 Å². The van der Waals surface area contributed by atoms with E-state index in [0.717, 1.165) is 17.7 Å². The van der Waals surface area contributed by atoms with Crippen molar-refractivity contribution in [3.8, 4) is 5.75 Å². The van der Waals surface area contributed by atoms with Crippen LogP contribution in [0, 0.1) is 0 Å². The summed E-state index contributed by atoms with van der Waals surface area (Å²) in [7, 11) is 0. The number of amides is 4. The van der Waals surface area contributed by atoms with E-state index in [4.69, 9.17) is 4.74 Å². The van der Waals surface area contributed by atoms with E-state index in [1.807, 2.05) is 18.2 Å². The molecule has 5 rings (SSSR count). The van der Waals surface area contributed by atoms with E-state index >= 15 is 0 Å². The number of hydrogen-bond acceptors (Lipinski definition) is 5. The molecule has 0 atom stereocenters. The van der Waals surface area contributed by atoms with Crippen LogP contribution in [-0.2, 0) is 16.0 Å². The van der Waals surface area contributed by atoms with E-state index < -0.39 is 24.3 Å². The summed E-state index contributed by atoms with van der Waals surface area (Å²) in [6, 6.07) is 21.6. The average molecular weight is 469 g/mol. The zero-order valence-electron chi connectivity index (χ0n) is 18.9. The fourth-order valence-corrected chi connectivity index (χ4v) is 4.34. The number of fused-ring (bicyclic) bond motifs is 2. The van der Waals surface area contributed by atoms with Crippen LogP contribution in [0.15, 0.2) is 72.8 Å². The Balaban J connectivity index is 1.26. The first-order valence-corrected chi connectivity index (χ1v) is 11.4. The summed E-state index contributed by atoms with van der Waals surface area (Å²) < 4.78 is 5.56. The number of benzene rings is 3. The van der Waals surface area contributed by atoms with Gasteiger partial charge < -0.3 is 15.0 Å². The summed E-state index contributed by atoms with van der Waals surface area (Å²) in [5.41, 5.74) is 2.80. The molecule has 0 saturated carbocycles. The molecule has 0 saturated heterocycles. The minimum atomic E-state index is -0.516. The Morgan fingerprint density at radius 3 is 2.26 bits per heavy atom. The Morgan fingerprint density at radius 2 is 1.54 bits per heavy atom. The van der Waals surface area contributed by atoms with Gasteiger partial charge in [0.1, 0.15) is 12.3 Å². The van der Waals surface area contributed by atoms with Gasteiger partial charge in [0.25, 0.3) is 17.7 Å². The lowest BCUT2D eigenvalue weighted by Gasteiger charge is -2.30. The summed E-state index contributed by atoms with van der Waals surface area (Å²) in [5, 5.41) is 2.73. The van der Waals surface area contributed by atoms with Gasteiger partial charge in [0.2, 0.25) is 5.91 Å². The fraction of sp³-hybridized carbons (Fsp3) is 0.185. The van der Waals surface area contributed by atoms with Crippen molar-refractivity contribution >= 4 is 35.0 Å². The number of aryl methyl sites for hydroxylation is 1. The van der Waals surface area contributed by atoms with Crippen LogP contribution in [0.2, 0.25) is 0 Å². The standard InChI is InChI=1S/C27H23N3O5/c31-24(16-30-26(33)20-10-4-5-11-21(20)27(30)34)28-19-12-13-23-22(15-19)29(25(32)17-35-23)14-6-9-18-7-2-1-3-8-18/h1-5,7-8,10-13,15H,6,9,14,16-17H2,(H,28,31). The van der Waals surface area contributed by atoms with Gasteiger partial charge in [-0.1, -0.05) is 42.5 Å². The third-order valence-electron chi connectivity index (χ3n) is 6.06. The predicted molar refractivity (Wildman–Crippen MR) is 129 cm³/mol. The molecule has 0 radical (unpaired) electrons. The van der Waals surface area contributed by atoms with Crippen molar-refractivity contribution in [2.75, 3.05) is 29.9 Å². The normalized spacial score (nSPS) is 14.5. The van der Waals surface area contributed by atoms with Crippen molar-refractivity contribution in [3.05, 3.63) is 89.5 Å². The monoisotopic (exact) mass is 469 g/mol. The molecule has 2 aliphatic heterocycles. The highest BCUT2D eigenvalue weighted by Crippen LogP contribution is 2.35. The smallest absolute Gasteiger partial charge is 0.265 e. The Bertz CT molecular complexity index is 1290. The summed E-state index contributed by atoms with van der Waals surface area (Å²) in [6.45, 7) is 0.0694. The topological polar surface area (TPSA) is 96.0 Å². The zero-order chi connectivity index (χ0) is 24.4. The fourth-order valence-electron chi connectivity index (χ4n) is 4.34. The summed E-state index contributed by atoms with van der Waals surface area (Å²) in [6.07, 6.45) is 1.60. The predicted octanol–water partition coefficient (Wildman–Crippen LogP) is 3.28. The van der Waals surface area contributed by atoms with Crippen LogP contribution in [-0.4, -0.2) is 48.2 Å². The van der Waals surface area contributed by atoms with Gasteiger partial charge in [-0.3, -0.25) is 24.1 Å². The van der Waals surface area contributed by atoms with Crippen molar-refractivity contribution in [3.63, 3.8) is 0 Å². The van der Waals surface area contributed by atoms with Crippen LogP contribution in [0.3, 0.4) is 0 Å². The van der Waals surface area contributed by atoms with Crippen molar-refractivity contribution in [2.45, 2.75) is 12.8 Å². The molecule has 1 N–H and O–H groups in total. The quantitative estimate of drug-likeness (QED) is 0.536. The van der Waals surface area contributed by atoms with Gasteiger partial charge in [-0.15, -0.1) is 0 Å². The second kappa shape index (κ2) is 9.42. The van der Waals surface area contributed by atoms with E-state index in [1.54, 1.807) is 47.4 Å². The molecule has 176 valence electrons. The molecule has 0 fully saturated rings. The molecule has 0 unspecified atom stereocenters. The maximum atomic E-state index is 12.7. The SMILES string of the molecule is O=C(CN1C(=O)c2ccccc2C1=O)Nc1ccc2c(c1)N(CCCc1ccccc1)C(=O)CO2. The average Bonchev–Trinajstić information content (AvgIpc) is 3.11. The molecule has 4 amide bonds. The van der Waals surface area contributed by atoms with Gasteiger partial charge in [-0.05, 0) is 48.7 Å². The van der Waals surface area contributed by atoms with Gasteiger partial charge in [0.15, 0.2) is 6.61 Å². The summed E-state index contributed by atoms with van der Waals surface area (Å²) in [4.78, 5) is 52.9. The summed E-state index contributed by atoms with van der Waals surface area (Å²) >= 11 is 0. The minimum absolute atomic E-state index is 0.0379. The maximum Gasteiger partial charge on any atom is 0.265 e. The van der Waals surface area contributed by atoms with Crippen LogP contribution >= 0.6 is 0 Å². The third-order valence-corrected chi connectivity index (χ3v) is 6.06. The molecule has 0 spiro atoms. The Hall–Kier alpha value is -4.46. The molecule has 0 bridgehead atoms. The highest BCUT2D eigenvalue weighted by Gasteiger charge is 2.36. The van der Waals surface area contributed by atoms with Gasteiger partial charge in [0, 0.05) is 12.2 Å². The lowest BCUT2D eigenvalue weighted by Crippen LogP contribution is -2.39. The Morgan fingerprint density at radius 1 is 0.857 bits per heavy atom. The van der Waals surface area contributed by atoms with Crippen molar-refractivity contribution in [2.24, 2.45) is 0 Å². The molecule has 3 aromatic rings. The second-order valence-corrected chi connectivity index (χ2v) is 8.40. The maximum absolute atomic E-state index is 12.7. The molecule has 8 heteroatoms. The molecule has 0 aliphatic carbocycles. The van der Waals surface area contributed by atoms with E-state index in [2.05, 4.69) is 17.4 Å². The first-order valence-electron chi connectivity index (χ1n) is 11.4. The van der Waals surface area contributed by atoms with Gasteiger partial charge in [-0.25, -0.2) is 0 Å². The lowest BCUT2D eigenvalue weighted by molar-refractivity contribution is -0.121. The van der Waals surface area contributed by atoms with Gasteiger partial charge in [-0.2, -0.15) is 0 Å². The first kappa shape index (κ1) is 22.3. The number of nitrogens with one attached hydrogen (secondary N) is 1. The number of anilines is 2. The van der Waals surface area contributed by atoms with Crippen LogP contribution in [0.4, 0.5) is 11.4 Å². The van der Waals surface area contributed by atoms with Crippen LogP contribution in [0.25, 0.3) is 0 Å². The van der Waals surface area contributed by atoms with Crippen LogP contribution in [0.1, 0.15) is 32.7 Å². The Kier molecular flexibility index (Phi) is 6.01. The first-order chi connectivity index (χ1) is 17.0. The highest BCUT2D eigenvalue weighted by molar-refractivity contribution is 6.22. The van der Waals surface area contributed by atoms with E-state index in [-0.39, 0.29) is 12.5 Å². The second-order valence-electron chi connectivity index (χ2n) is 8.40. The molecule has 2 heterocycles. The van der Waals surface area contributed by atoms with Gasteiger partial charge >= 0.3 is 0 Å². The van der Waals surface area contributed by atoms with E-state index in [1.165, 1.54) is 5.56 Å². The van der Waals surface area contributed by atoms with E-state index in [0.29, 0.717) is 34.8 Å². The number of rotatable bonds is 7. The largest absolute Gasteiger partial charge is 0.482 e. The number of imide groups is 1. The van der Waals surface area contributed by atoms with Gasteiger partial charge in [0.05, 0.1) is 16.8 Å². The molecule has 2 aliphatic rings. The number of carbonyl (C=O) groups excluding carboxylic acids is 4. The molecule has 0 aromatic heterocycles. The molecule has 3 aromatic carbocycles. The van der Waals surface area contributed by atoms with Crippen LogP contribution < -0.4 is 15.0 Å². The summed E-state index contributed by atoms with van der Waals surface area (Å²) in [5.74, 6) is -1.09. The van der Waals surface area contributed by atoms with Crippen molar-refractivity contribution in [1.82, 2.24) is 4.90 Å². The number of nitrogens with zero attached hydrogens (tertiary/aromatic N) is 2. The minimum Gasteiger partial charge on any atom is -0.482 e. The zero-order valence-corrected chi connectivity index (χ0v) is 18.9. The van der Waals surface area contributed by atoms with E-state index in [9.17, 15) is 19.2 Å². The molecule has 8 nitrogen and oxygen atoms in total.